The lowest BCUT2D eigenvalue weighted by molar-refractivity contribution is -0.122. The molecule has 0 saturated carbocycles. The Hall–Kier alpha value is -2.34. The molecule has 2 N–H and O–H groups in total. The second-order valence-corrected chi connectivity index (χ2v) is 7.25. The number of aromatic nitrogens is 2. The fraction of sp³-hybridized carbons (Fsp3) is 0.500. The van der Waals surface area contributed by atoms with Gasteiger partial charge in [0.1, 0.15) is 18.9 Å². The van der Waals surface area contributed by atoms with Crippen molar-refractivity contribution in [3.63, 3.8) is 0 Å². The summed E-state index contributed by atoms with van der Waals surface area (Å²) in [6.45, 7) is 5.95. The van der Waals surface area contributed by atoms with Crippen molar-refractivity contribution in [3.8, 4) is 17.0 Å². The number of ether oxygens (including phenoxy) is 1. The maximum absolute atomic E-state index is 12.7. The van der Waals surface area contributed by atoms with Crippen LogP contribution in [0.4, 0.5) is 0 Å². The number of fused-ring (bicyclic) bond motifs is 3. The van der Waals surface area contributed by atoms with Crippen LogP contribution in [0.5, 0.6) is 5.75 Å². The summed E-state index contributed by atoms with van der Waals surface area (Å²) in [6, 6.07) is 6.68. The molecule has 2 aliphatic heterocycles. The quantitative estimate of drug-likeness (QED) is 0.865. The molecule has 4 rings (SSSR count). The van der Waals surface area contributed by atoms with Crippen molar-refractivity contribution in [1.29, 1.82) is 0 Å². The zero-order chi connectivity index (χ0) is 18.1. The maximum Gasteiger partial charge on any atom is 0.242 e. The van der Waals surface area contributed by atoms with E-state index in [9.17, 15) is 4.79 Å². The Bertz CT molecular complexity index is 808. The number of hydrogen-bond acceptors (Lipinski definition) is 4. The van der Waals surface area contributed by atoms with Crippen LogP contribution in [0.15, 0.2) is 24.4 Å². The normalized spacial score (nSPS) is 19.4. The molecule has 26 heavy (non-hydrogen) atoms. The molecule has 3 heterocycles. The first-order chi connectivity index (χ1) is 12.7. The number of nitrogens with zero attached hydrogens (tertiary/aromatic N) is 2. The van der Waals surface area contributed by atoms with Crippen LogP contribution in [-0.2, 0) is 17.9 Å². The van der Waals surface area contributed by atoms with E-state index < -0.39 is 0 Å². The van der Waals surface area contributed by atoms with Crippen LogP contribution in [0.1, 0.15) is 37.3 Å². The van der Waals surface area contributed by atoms with E-state index in [4.69, 9.17) is 4.74 Å². The Labute approximate surface area is 153 Å². The third-order valence-electron chi connectivity index (χ3n) is 5.35. The highest BCUT2D eigenvalue weighted by Crippen LogP contribution is 2.37. The predicted molar refractivity (Wildman–Crippen MR) is 100.0 cm³/mol. The van der Waals surface area contributed by atoms with E-state index in [0.717, 1.165) is 47.5 Å². The minimum absolute atomic E-state index is 0.0112. The van der Waals surface area contributed by atoms with E-state index in [1.807, 2.05) is 18.3 Å². The van der Waals surface area contributed by atoms with Gasteiger partial charge < -0.3 is 15.4 Å². The lowest BCUT2D eigenvalue weighted by Gasteiger charge is -2.24. The van der Waals surface area contributed by atoms with Crippen LogP contribution in [0.25, 0.3) is 11.3 Å². The molecular formula is C20H26N4O2. The largest absolute Gasteiger partial charge is 0.488 e. The first kappa shape index (κ1) is 17.1. The Morgan fingerprint density at radius 2 is 2.38 bits per heavy atom. The van der Waals surface area contributed by atoms with E-state index in [1.165, 1.54) is 6.42 Å². The Morgan fingerprint density at radius 1 is 1.50 bits per heavy atom. The van der Waals surface area contributed by atoms with Crippen LogP contribution >= 0.6 is 0 Å². The maximum atomic E-state index is 12.7. The molecular weight excluding hydrogens is 328 g/mol. The number of nitrogens with one attached hydrogen (secondary N) is 2. The van der Waals surface area contributed by atoms with Gasteiger partial charge in [-0.3, -0.25) is 9.48 Å². The SMILES string of the molecule is CCC(NC(=O)Cn1ncc2c1-c1cc(C)ccc1OC2)C1CCCN1. The van der Waals surface area contributed by atoms with Crippen molar-refractivity contribution >= 4 is 5.91 Å². The summed E-state index contributed by atoms with van der Waals surface area (Å²) >= 11 is 0. The topological polar surface area (TPSA) is 68.2 Å². The summed E-state index contributed by atoms with van der Waals surface area (Å²) in [5.41, 5.74) is 4.20. The van der Waals surface area contributed by atoms with Crippen molar-refractivity contribution in [2.75, 3.05) is 6.54 Å². The van der Waals surface area contributed by atoms with Crippen LogP contribution < -0.4 is 15.4 Å². The van der Waals surface area contributed by atoms with Gasteiger partial charge in [-0.05, 0) is 44.9 Å². The van der Waals surface area contributed by atoms with Crippen LogP contribution in [0.2, 0.25) is 0 Å². The van der Waals surface area contributed by atoms with E-state index in [0.29, 0.717) is 12.6 Å². The smallest absolute Gasteiger partial charge is 0.242 e. The first-order valence-electron chi connectivity index (χ1n) is 9.47. The zero-order valence-corrected chi connectivity index (χ0v) is 15.4. The number of hydrogen-bond donors (Lipinski definition) is 2. The molecule has 2 aromatic rings. The van der Waals surface area contributed by atoms with Crippen molar-refractivity contribution < 1.29 is 9.53 Å². The average molecular weight is 354 g/mol. The second-order valence-electron chi connectivity index (χ2n) is 7.25. The molecule has 2 aliphatic rings. The minimum Gasteiger partial charge on any atom is -0.488 e. The van der Waals surface area contributed by atoms with Crippen LogP contribution in [0.3, 0.4) is 0 Å². The van der Waals surface area contributed by atoms with Gasteiger partial charge >= 0.3 is 0 Å². The van der Waals surface area contributed by atoms with Gasteiger partial charge in [0.25, 0.3) is 0 Å². The fourth-order valence-electron chi connectivity index (χ4n) is 4.00. The molecule has 2 unspecified atom stereocenters. The standard InChI is InChI=1S/C20H26N4O2/c1-3-16(17-5-4-8-21-17)23-19(25)11-24-20-14(10-22-24)12-26-18-7-6-13(2)9-15(18)20/h6-7,9-10,16-17,21H,3-5,8,11-12H2,1-2H3,(H,23,25). The van der Waals surface area contributed by atoms with Crippen molar-refractivity contribution in [2.24, 2.45) is 0 Å². The highest BCUT2D eigenvalue weighted by Gasteiger charge is 2.26. The minimum atomic E-state index is 0.0112. The van der Waals surface area contributed by atoms with Crippen LogP contribution in [-0.4, -0.2) is 34.3 Å². The highest BCUT2D eigenvalue weighted by atomic mass is 16.5. The lowest BCUT2D eigenvalue weighted by atomic mass is 10.0. The number of carbonyl (C=O) groups excluding carboxylic acids is 1. The number of rotatable bonds is 5. The van der Waals surface area contributed by atoms with Gasteiger partial charge in [-0.1, -0.05) is 18.6 Å². The lowest BCUT2D eigenvalue weighted by Crippen LogP contribution is -2.48. The molecule has 0 bridgehead atoms. The monoisotopic (exact) mass is 354 g/mol. The number of benzene rings is 1. The molecule has 6 nitrogen and oxygen atoms in total. The zero-order valence-electron chi connectivity index (χ0n) is 15.4. The number of amides is 1. The van der Waals surface area contributed by atoms with Gasteiger partial charge in [0, 0.05) is 23.2 Å². The van der Waals surface area contributed by atoms with Gasteiger partial charge in [0.2, 0.25) is 5.91 Å². The molecule has 1 saturated heterocycles. The molecule has 1 aromatic heterocycles. The van der Waals surface area contributed by atoms with Crippen molar-refractivity contribution in [2.45, 2.75) is 58.3 Å². The average Bonchev–Trinajstić information content (AvgIpc) is 3.30. The molecule has 6 heteroatoms. The van der Waals surface area contributed by atoms with Gasteiger partial charge in [0.05, 0.1) is 11.9 Å². The Balaban J connectivity index is 1.53. The Kier molecular flexibility index (Phi) is 4.68. The van der Waals surface area contributed by atoms with Gasteiger partial charge in [-0.25, -0.2) is 0 Å². The fourth-order valence-corrected chi connectivity index (χ4v) is 4.00. The molecule has 0 spiro atoms. The van der Waals surface area contributed by atoms with Crippen molar-refractivity contribution in [3.05, 3.63) is 35.5 Å². The summed E-state index contributed by atoms with van der Waals surface area (Å²) < 4.78 is 7.62. The molecule has 1 aromatic carbocycles. The summed E-state index contributed by atoms with van der Waals surface area (Å²) in [7, 11) is 0. The van der Waals surface area contributed by atoms with Crippen LogP contribution in [0, 0.1) is 6.92 Å². The summed E-state index contributed by atoms with van der Waals surface area (Å²) in [6.07, 6.45) is 5.04. The summed E-state index contributed by atoms with van der Waals surface area (Å²) in [5.74, 6) is 0.865. The molecule has 1 amide bonds. The highest BCUT2D eigenvalue weighted by molar-refractivity contribution is 5.78. The summed E-state index contributed by atoms with van der Waals surface area (Å²) in [4.78, 5) is 12.7. The van der Waals surface area contributed by atoms with E-state index in [1.54, 1.807) is 4.68 Å². The predicted octanol–water partition coefficient (Wildman–Crippen LogP) is 2.40. The van der Waals surface area contributed by atoms with Gasteiger partial charge in [-0.2, -0.15) is 5.10 Å². The van der Waals surface area contributed by atoms with E-state index >= 15 is 0 Å². The summed E-state index contributed by atoms with van der Waals surface area (Å²) in [5, 5.41) is 11.1. The molecule has 0 radical (unpaired) electrons. The molecule has 2 atom stereocenters. The first-order valence-corrected chi connectivity index (χ1v) is 9.47. The third-order valence-corrected chi connectivity index (χ3v) is 5.35. The molecule has 0 aliphatic carbocycles. The number of carbonyl (C=O) groups is 1. The Morgan fingerprint density at radius 3 is 3.15 bits per heavy atom. The van der Waals surface area contributed by atoms with Crippen molar-refractivity contribution in [1.82, 2.24) is 20.4 Å². The molecule has 1 fully saturated rings. The van der Waals surface area contributed by atoms with E-state index in [2.05, 4.69) is 35.6 Å². The molecule has 138 valence electrons. The third kappa shape index (κ3) is 3.21. The second kappa shape index (κ2) is 7.11. The number of aryl methyl sites for hydroxylation is 1. The van der Waals surface area contributed by atoms with E-state index in [-0.39, 0.29) is 18.5 Å². The van der Waals surface area contributed by atoms with Gasteiger partial charge in [0.15, 0.2) is 0 Å². The van der Waals surface area contributed by atoms with Gasteiger partial charge in [-0.15, -0.1) is 0 Å².